The Labute approximate surface area is 129 Å². The van der Waals surface area contributed by atoms with Crippen LogP contribution in [-0.2, 0) is 15.9 Å². The lowest BCUT2D eigenvalue weighted by Gasteiger charge is -2.26. The first kappa shape index (κ1) is 18.0. The largest absolute Gasteiger partial charge is 0.380 e. The molecule has 0 aromatic heterocycles. The molecule has 0 aliphatic heterocycles. The molecule has 1 aromatic carbocycles. The lowest BCUT2D eigenvalue weighted by molar-refractivity contribution is 0.141. The van der Waals surface area contributed by atoms with Crippen LogP contribution >= 0.6 is 0 Å². The molecule has 0 amide bonds. The maximum Gasteiger partial charge on any atom is 0.0641 e. The van der Waals surface area contributed by atoms with Crippen LogP contribution in [0.2, 0.25) is 0 Å². The van der Waals surface area contributed by atoms with Crippen molar-refractivity contribution in [2.75, 3.05) is 51.0 Å². The van der Waals surface area contributed by atoms with Gasteiger partial charge in [0.15, 0.2) is 0 Å². The molecule has 0 aliphatic carbocycles. The van der Waals surface area contributed by atoms with E-state index in [9.17, 15) is 0 Å². The second-order valence-electron chi connectivity index (χ2n) is 5.04. The highest BCUT2D eigenvalue weighted by molar-refractivity contribution is 5.54. The maximum atomic E-state index is 5.63. The Morgan fingerprint density at radius 2 is 1.67 bits per heavy atom. The summed E-state index contributed by atoms with van der Waals surface area (Å²) in [6, 6.07) is 6.60. The Hall–Kier alpha value is -1.10. The van der Waals surface area contributed by atoms with Gasteiger partial charge < -0.3 is 20.1 Å². The molecule has 0 unspecified atom stereocenters. The molecular formula is C17H30N2O2. The molecule has 0 radical (unpaired) electrons. The first-order chi connectivity index (χ1) is 10.2. The first-order valence-corrected chi connectivity index (χ1v) is 7.92. The zero-order valence-electron chi connectivity index (χ0n) is 13.7. The molecule has 0 bridgehead atoms. The monoisotopic (exact) mass is 294 g/mol. The molecule has 1 rings (SSSR count). The smallest absolute Gasteiger partial charge is 0.0641 e. The van der Waals surface area contributed by atoms with E-state index in [0.29, 0.717) is 6.54 Å². The van der Waals surface area contributed by atoms with E-state index in [-0.39, 0.29) is 0 Å². The zero-order chi connectivity index (χ0) is 15.5. The van der Waals surface area contributed by atoms with Crippen molar-refractivity contribution in [3.63, 3.8) is 0 Å². The highest BCUT2D eigenvalue weighted by Gasteiger charge is 2.10. The van der Waals surface area contributed by atoms with Gasteiger partial charge in [-0.2, -0.15) is 0 Å². The van der Waals surface area contributed by atoms with E-state index in [1.165, 1.54) is 16.8 Å². The second-order valence-corrected chi connectivity index (χ2v) is 5.04. The predicted molar refractivity (Wildman–Crippen MR) is 89.1 cm³/mol. The molecule has 4 heteroatoms. The molecule has 0 heterocycles. The van der Waals surface area contributed by atoms with E-state index in [2.05, 4.69) is 30.0 Å². The van der Waals surface area contributed by atoms with Crippen LogP contribution in [-0.4, -0.2) is 46.1 Å². The van der Waals surface area contributed by atoms with E-state index in [1.54, 1.807) is 0 Å². The quantitative estimate of drug-likeness (QED) is 0.637. The molecule has 0 aliphatic rings. The Morgan fingerprint density at radius 3 is 2.14 bits per heavy atom. The topological polar surface area (TPSA) is 47.7 Å². The van der Waals surface area contributed by atoms with E-state index in [1.807, 2.05) is 13.8 Å². The minimum atomic E-state index is 0.692. The minimum absolute atomic E-state index is 0.692. The third kappa shape index (κ3) is 6.46. The third-order valence-corrected chi connectivity index (χ3v) is 3.45. The number of nitrogens with two attached hydrogens (primary N) is 1. The summed E-state index contributed by atoms with van der Waals surface area (Å²) in [6.45, 7) is 11.7. The van der Waals surface area contributed by atoms with Gasteiger partial charge in [0.2, 0.25) is 0 Å². The van der Waals surface area contributed by atoms with Gasteiger partial charge in [-0.15, -0.1) is 0 Å². The lowest BCUT2D eigenvalue weighted by Crippen LogP contribution is -2.31. The molecule has 0 fully saturated rings. The van der Waals surface area contributed by atoms with Crippen molar-refractivity contribution in [3.05, 3.63) is 29.3 Å². The molecule has 0 saturated carbocycles. The highest BCUT2D eigenvalue weighted by Crippen LogP contribution is 2.21. The van der Waals surface area contributed by atoms with Crippen LogP contribution in [0.1, 0.15) is 25.0 Å². The van der Waals surface area contributed by atoms with Gasteiger partial charge in [0.1, 0.15) is 0 Å². The molecule has 2 N–H and O–H groups in total. The van der Waals surface area contributed by atoms with Crippen LogP contribution in [0.3, 0.4) is 0 Å². The second kappa shape index (κ2) is 10.6. The molecule has 4 nitrogen and oxygen atoms in total. The average molecular weight is 294 g/mol. The van der Waals surface area contributed by atoms with Crippen molar-refractivity contribution in [2.24, 2.45) is 5.73 Å². The van der Waals surface area contributed by atoms with Gasteiger partial charge in [-0.25, -0.2) is 0 Å². The van der Waals surface area contributed by atoms with Crippen molar-refractivity contribution >= 4 is 5.69 Å². The Morgan fingerprint density at radius 1 is 1.05 bits per heavy atom. The Kier molecular flexibility index (Phi) is 9.06. The summed E-state index contributed by atoms with van der Waals surface area (Å²) in [5.41, 5.74) is 9.47. The fourth-order valence-corrected chi connectivity index (χ4v) is 2.39. The average Bonchev–Trinajstić information content (AvgIpc) is 2.47. The standard InChI is InChI=1S/C17H30N2O2/c1-4-20-12-10-19(11-13-21-5-2)17-7-6-16(8-9-18)14-15(17)3/h6-7,14H,4-5,8-13,18H2,1-3H3. The van der Waals surface area contributed by atoms with Crippen LogP contribution in [0.15, 0.2) is 18.2 Å². The number of ether oxygens (including phenoxy) is 2. The van der Waals surface area contributed by atoms with Gasteiger partial charge >= 0.3 is 0 Å². The summed E-state index contributed by atoms with van der Waals surface area (Å²) in [6.07, 6.45) is 0.930. The number of hydrogen-bond acceptors (Lipinski definition) is 4. The van der Waals surface area contributed by atoms with Crippen molar-refractivity contribution in [3.8, 4) is 0 Å². The number of nitrogens with zero attached hydrogens (tertiary/aromatic N) is 1. The van der Waals surface area contributed by atoms with Crippen LogP contribution in [0.5, 0.6) is 0 Å². The maximum absolute atomic E-state index is 5.63. The Balaban J connectivity index is 2.74. The van der Waals surface area contributed by atoms with Crippen LogP contribution < -0.4 is 10.6 Å². The van der Waals surface area contributed by atoms with Gasteiger partial charge in [0.05, 0.1) is 13.2 Å². The predicted octanol–water partition coefficient (Wildman–Crippen LogP) is 2.38. The number of rotatable bonds is 11. The first-order valence-electron chi connectivity index (χ1n) is 7.92. The van der Waals surface area contributed by atoms with Crippen molar-refractivity contribution in [2.45, 2.75) is 27.2 Å². The summed E-state index contributed by atoms with van der Waals surface area (Å²) >= 11 is 0. The van der Waals surface area contributed by atoms with Gasteiger partial charge in [0, 0.05) is 32.0 Å². The van der Waals surface area contributed by atoms with Crippen molar-refractivity contribution < 1.29 is 9.47 Å². The number of hydrogen-bond donors (Lipinski definition) is 1. The minimum Gasteiger partial charge on any atom is -0.380 e. The fourth-order valence-electron chi connectivity index (χ4n) is 2.39. The van der Waals surface area contributed by atoms with Gasteiger partial charge in [-0.1, -0.05) is 12.1 Å². The van der Waals surface area contributed by atoms with Gasteiger partial charge in [0.25, 0.3) is 0 Å². The highest BCUT2D eigenvalue weighted by atomic mass is 16.5. The molecule has 1 aromatic rings. The van der Waals surface area contributed by atoms with Crippen molar-refractivity contribution in [1.82, 2.24) is 0 Å². The molecule has 21 heavy (non-hydrogen) atoms. The molecule has 120 valence electrons. The Bertz CT molecular complexity index is 386. The summed E-state index contributed by atoms with van der Waals surface area (Å²) in [7, 11) is 0. The third-order valence-electron chi connectivity index (χ3n) is 3.45. The van der Waals surface area contributed by atoms with Crippen molar-refractivity contribution in [1.29, 1.82) is 0 Å². The van der Waals surface area contributed by atoms with E-state index >= 15 is 0 Å². The number of aryl methyl sites for hydroxylation is 1. The normalized spacial score (nSPS) is 10.9. The summed E-state index contributed by atoms with van der Waals surface area (Å²) in [5.74, 6) is 0. The molecule has 0 saturated heterocycles. The fraction of sp³-hybridized carbons (Fsp3) is 0.647. The van der Waals surface area contributed by atoms with Gasteiger partial charge in [-0.05, 0) is 50.9 Å². The summed E-state index contributed by atoms with van der Waals surface area (Å²) in [5, 5.41) is 0. The summed E-state index contributed by atoms with van der Waals surface area (Å²) in [4.78, 5) is 2.34. The molecule has 0 atom stereocenters. The number of anilines is 1. The SMILES string of the molecule is CCOCCN(CCOCC)c1ccc(CCN)cc1C. The van der Waals surface area contributed by atoms with Crippen LogP contribution in [0, 0.1) is 6.92 Å². The van der Waals surface area contributed by atoms with Gasteiger partial charge in [-0.3, -0.25) is 0 Å². The zero-order valence-corrected chi connectivity index (χ0v) is 13.7. The van der Waals surface area contributed by atoms with E-state index in [4.69, 9.17) is 15.2 Å². The van der Waals surface area contributed by atoms with E-state index < -0.39 is 0 Å². The molecular weight excluding hydrogens is 264 g/mol. The van der Waals surface area contributed by atoms with Crippen LogP contribution in [0.4, 0.5) is 5.69 Å². The molecule has 0 spiro atoms. The number of benzene rings is 1. The lowest BCUT2D eigenvalue weighted by atomic mass is 10.1. The van der Waals surface area contributed by atoms with Crippen LogP contribution in [0.25, 0.3) is 0 Å². The van der Waals surface area contributed by atoms with E-state index in [0.717, 1.165) is 45.9 Å². The summed E-state index contributed by atoms with van der Waals surface area (Å²) < 4.78 is 11.0.